The molecule has 0 saturated carbocycles. The number of carboxylic acid groups (broad SMARTS) is 1. The van der Waals surface area contributed by atoms with Crippen LogP contribution in [-0.4, -0.2) is 47.6 Å². The van der Waals surface area contributed by atoms with E-state index in [-0.39, 0.29) is 17.9 Å². The second-order valence-electron chi connectivity index (χ2n) is 6.60. The van der Waals surface area contributed by atoms with Crippen LogP contribution in [0.5, 0.6) is 0 Å². The van der Waals surface area contributed by atoms with E-state index in [0.717, 1.165) is 23.1 Å². The van der Waals surface area contributed by atoms with Crippen molar-refractivity contribution in [3.63, 3.8) is 0 Å². The van der Waals surface area contributed by atoms with E-state index in [1.807, 2.05) is 29.2 Å². The molecule has 3 atom stereocenters. The molecule has 23 heavy (non-hydrogen) atoms. The topological polar surface area (TPSA) is 60.9 Å². The van der Waals surface area contributed by atoms with E-state index < -0.39 is 5.97 Å². The van der Waals surface area contributed by atoms with E-state index >= 15 is 0 Å². The van der Waals surface area contributed by atoms with E-state index in [2.05, 4.69) is 27.8 Å². The van der Waals surface area contributed by atoms with Gasteiger partial charge in [-0.2, -0.15) is 0 Å². The summed E-state index contributed by atoms with van der Waals surface area (Å²) in [4.78, 5) is 28.0. The molecule has 2 fully saturated rings. The van der Waals surface area contributed by atoms with Crippen LogP contribution in [0.2, 0.25) is 0 Å². The van der Waals surface area contributed by atoms with Gasteiger partial charge < -0.3 is 10.0 Å². The van der Waals surface area contributed by atoms with Crippen LogP contribution < -0.4 is 4.90 Å². The average Bonchev–Trinajstić information content (AvgIpc) is 2.88. The molecule has 1 aromatic carbocycles. The first-order valence-electron chi connectivity index (χ1n) is 7.99. The summed E-state index contributed by atoms with van der Waals surface area (Å²) in [5, 5.41) is 9.32. The van der Waals surface area contributed by atoms with Gasteiger partial charge in [-0.15, -0.1) is 0 Å². The van der Waals surface area contributed by atoms with Crippen LogP contribution >= 0.6 is 15.9 Å². The second kappa shape index (κ2) is 6.61. The maximum absolute atomic E-state index is 12.8. The molecule has 5 nitrogen and oxygen atoms in total. The van der Waals surface area contributed by atoms with Crippen molar-refractivity contribution in [1.29, 1.82) is 0 Å². The zero-order valence-electron chi connectivity index (χ0n) is 13.1. The van der Waals surface area contributed by atoms with Crippen LogP contribution in [0.15, 0.2) is 28.7 Å². The molecule has 2 saturated heterocycles. The SMILES string of the molecule is CC1CC(C(=O)O)CN(C2CCN(c3cccc(Br)c3)C2=O)C1. The van der Waals surface area contributed by atoms with Gasteiger partial charge in [-0.3, -0.25) is 14.5 Å². The summed E-state index contributed by atoms with van der Waals surface area (Å²) < 4.78 is 0.948. The summed E-state index contributed by atoms with van der Waals surface area (Å²) in [5.41, 5.74) is 0.895. The summed E-state index contributed by atoms with van der Waals surface area (Å²) in [6, 6.07) is 7.54. The molecule has 0 aliphatic carbocycles. The Morgan fingerprint density at radius 2 is 2.13 bits per heavy atom. The highest BCUT2D eigenvalue weighted by molar-refractivity contribution is 9.10. The normalized spacial score (nSPS) is 29.0. The highest BCUT2D eigenvalue weighted by Gasteiger charge is 2.41. The lowest BCUT2D eigenvalue weighted by molar-refractivity contribution is -0.145. The van der Waals surface area contributed by atoms with Crippen LogP contribution in [0.25, 0.3) is 0 Å². The number of hydrogen-bond acceptors (Lipinski definition) is 3. The third-order valence-electron chi connectivity index (χ3n) is 4.78. The zero-order chi connectivity index (χ0) is 16.6. The Labute approximate surface area is 144 Å². The molecule has 2 aliphatic heterocycles. The second-order valence-corrected chi connectivity index (χ2v) is 7.52. The highest BCUT2D eigenvalue weighted by atomic mass is 79.9. The molecule has 124 valence electrons. The minimum Gasteiger partial charge on any atom is -0.481 e. The number of rotatable bonds is 3. The van der Waals surface area contributed by atoms with Crippen molar-refractivity contribution in [3.8, 4) is 0 Å². The lowest BCUT2D eigenvalue weighted by Gasteiger charge is -2.37. The fraction of sp³-hybridized carbons (Fsp3) is 0.529. The smallest absolute Gasteiger partial charge is 0.307 e. The van der Waals surface area contributed by atoms with Gasteiger partial charge in [0.25, 0.3) is 0 Å². The van der Waals surface area contributed by atoms with Gasteiger partial charge in [-0.25, -0.2) is 0 Å². The summed E-state index contributed by atoms with van der Waals surface area (Å²) >= 11 is 3.44. The molecule has 3 rings (SSSR count). The van der Waals surface area contributed by atoms with Gasteiger partial charge in [-0.05, 0) is 37.0 Å². The first kappa shape index (κ1) is 16.5. The Bertz CT molecular complexity index is 622. The van der Waals surface area contributed by atoms with Crippen molar-refractivity contribution in [3.05, 3.63) is 28.7 Å². The minimum absolute atomic E-state index is 0.0846. The van der Waals surface area contributed by atoms with E-state index in [1.54, 1.807) is 0 Å². The summed E-state index contributed by atoms with van der Waals surface area (Å²) in [5.74, 6) is -0.735. The molecule has 0 aromatic heterocycles. The van der Waals surface area contributed by atoms with Crippen LogP contribution in [0.1, 0.15) is 19.8 Å². The molecule has 1 amide bonds. The van der Waals surface area contributed by atoms with Crippen molar-refractivity contribution in [1.82, 2.24) is 4.90 Å². The molecule has 2 aliphatic rings. The van der Waals surface area contributed by atoms with Crippen LogP contribution in [-0.2, 0) is 9.59 Å². The molecule has 0 bridgehead atoms. The monoisotopic (exact) mass is 380 g/mol. The number of aliphatic carboxylic acids is 1. The van der Waals surface area contributed by atoms with Crippen LogP contribution in [0.3, 0.4) is 0 Å². The number of nitrogens with zero attached hydrogens (tertiary/aromatic N) is 2. The Hall–Kier alpha value is -1.40. The molecule has 0 spiro atoms. The van der Waals surface area contributed by atoms with E-state index in [9.17, 15) is 14.7 Å². The first-order valence-corrected chi connectivity index (χ1v) is 8.79. The number of halogens is 1. The summed E-state index contributed by atoms with van der Waals surface area (Å²) in [7, 11) is 0. The summed E-state index contributed by atoms with van der Waals surface area (Å²) in [6.45, 7) is 4.02. The molecule has 3 unspecified atom stereocenters. The Kier molecular flexibility index (Phi) is 4.73. The number of anilines is 1. The van der Waals surface area contributed by atoms with Gasteiger partial charge in [0.15, 0.2) is 0 Å². The molecule has 1 aromatic rings. The fourth-order valence-corrected chi connectivity index (χ4v) is 4.12. The van der Waals surface area contributed by atoms with Gasteiger partial charge in [0.05, 0.1) is 12.0 Å². The summed E-state index contributed by atoms with van der Waals surface area (Å²) in [6.07, 6.45) is 1.45. The van der Waals surface area contributed by atoms with Crippen molar-refractivity contribution < 1.29 is 14.7 Å². The highest BCUT2D eigenvalue weighted by Crippen LogP contribution is 2.30. The fourth-order valence-electron chi connectivity index (χ4n) is 3.73. The van der Waals surface area contributed by atoms with Crippen molar-refractivity contribution in [2.75, 3.05) is 24.5 Å². The molecular weight excluding hydrogens is 360 g/mol. The predicted molar refractivity (Wildman–Crippen MR) is 91.4 cm³/mol. The predicted octanol–water partition coefficient (Wildman–Crippen LogP) is 2.60. The van der Waals surface area contributed by atoms with Crippen molar-refractivity contribution >= 4 is 33.5 Å². The van der Waals surface area contributed by atoms with Gasteiger partial charge in [0.2, 0.25) is 5.91 Å². The zero-order valence-corrected chi connectivity index (χ0v) is 14.7. The number of carboxylic acids is 1. The van der Waals surface area contributed by atoms with E-state index in [4.69, 9.17) is 0 Å². The standard InChI is InChI=1S/C17H21BrN2O3/c1-11-7-12(17(22)23)10-19(9-11)15-5-6-20(16(15)21)14-4-2-3-13(18)8-14/h2-4,8,11-12,15H,5-7,9-10H2,1H3,(H,22,23). The third-order valence-corrected chi connectivity index (χ3v) is 5.27. The maximum atomic E-state index is 12.8. The molecule has 2 heterocycles. The molecule has 0 radical (unpaired) electrons. The van der Waals surface area contributed by atoms with Crippen LogP contribution in [0, 0.1) is 11.8 Å². The Morgan fingerprint density at radius 1 is 1.35 bits per heavy atom. The average molecular weight is 381 g/mol. The number of hydrogen-bond donors (Lipinski definition) is 1. The van der Waals surface area contributed by atoms with Crippen molar-refractivity contribution in [2.24, 2.45) is 11.8 Å². The lowest BCUT2D eigenvalue weighted by atomic mass is 9.89. The van der Waals surface area contributed by atoms with E-state index in [1.165, 1.54) is 0 Å². The number of carbonyl (C=O) groups excluding carboxylic acids is 1. The van der Waals surface area contributed by atoms with Gasteiger partial charge in [0, 0.05) is 29.8 Å². The minimum atomic E-state index is -0.754. The van der Waals surface area contributed by atoms with Crippen LogP contribution in [0.4, 0.5) is 5.69 Å². The Morgan fingerprint density at radius 3 is 2.83 bits per heavy atom. The number of amides is 1. The molecule has 1 N–H and O–H groups in total. The van der Waals surface area contributed by atoms with E-state index in [0.29, 0.717) is 25.4 Å². The lowest BCUT2D eigenvalue weighted by Crippen LogP contribution is -2.50. The number of carbonyl (C=O) groups is 2. The quantitative estimate of drug-likeness (QED) is 0.875. The van der Waals surface area contributed by atoms with Gasteiger partial charge in [-0.1, -0.05) is 28.9 Å². The molecule has 6 heteroatoms. The van der Waals surface area contributed by atoms with Gasteiger partial charge in [0.1, 0.15) is 0 Å². The Balaban J connectivity index is 1.75. The number of benzene rings is 1. The third kappa shape index (κ3) is 3.43. The number of piperidine rings is 1. The maximum Gasteiger partial charge on any atom is 0.307 e. The van der Waals surface area contributed by atoms with Crippen molar-refractivity contribution in [2.45, 2.75) is 25.8 Å². The first-order chi connectivity index (χ1) is 11.0. The van der Waals surface area contributed by atoms with Gasteiger partial charge >= 0.3 is 5.97 Å². The largest absolute Gasteiger partial charge is 0.481 e. The molecular formula is C17H21BrN2O3. The number of likely N-dealkylation sites (tertiary alicyclic amines) is 1.